The van der Waals surface area contributed by atoms with Gasteiger partial charge in [0.05, 0.1) is 22.4 Å². The molecule has 1 saturated heterocycles. The highest BCUT2D eigenvalue weighted by atomic mass is 79.9. The number of aryl methyl sites for hydroxylation is 1. The number of nitrogens with zero attached hydrogens (tertiary/aromatic N) is 2. The molecule has 1 atom stereocenters. The second kappa shape index (κ2) is 5.60. The van der Waals surface area contributed by atoms with Crippen molar-refractivity contribution in [1.29, 1.82) is 0 Å². The van der Waals surface area contributed by atoms with Gasteiger partial charge in [-0.25, -0.2) is 4.39 Å². The van der Waals surface area contributed by atoms with Crippen molar-refractivity contribution in [2.75, 3.05) is 0 Å². The molecule has 110 valence electrons. The summed E-state index contributed by atoms with van der Waals surface area (Å²) in [5, 5.41) is 4.48. The molecule has 1 aromatic heterocycles. The third-order valence-electron chi connectivity index (χ3n) is 3.52. The molecule has 0 aliphatic carbocycles. The van der Waals surface area contributed by atoms with Gasteiger partial charge in [-0.3, -0.25) is 9.48 Å². The summed E-state index contributed by atoms with van der Waals surface area (Å²) < 4.78 is 21.0. The Morgan fingerprint density at radius 2 is 2.14 bits per heavy atom. The van der Waals surface area contributed by atoms with Crippen molar-refractivity contribution < 1.29 is 13.9 Å². The van der Waals surface area contributed by atoms with Crippen LogP contribution in [0.4, 0.5) is 4.39 Å². The first-order chi connectivity index (χ1) is 10.0. The maximum Gasteiger partial charge on any atom is 0.306 e. The van der Waals surface area contributed by atoms with Crippen LogP contribution in [-0.4, -0.2) is 21.9 Å². The van der Waals surface area contributed by atoms with Gasteiger partial charge < -0.3 is 4.74 Å². The van der Waals surface area contributed by atoms with Crippen LogP contribution in [0, 0.1) is 12.7 Å². The van der Waals surface area contributed by atoms with E-state index in [1.807, 2.05) is 11.6 Å². The number of carbonyl (C=O) groups excluding carboxylic acids is 1. The molecule has 4 nitrogen and oxygen atoms in total. The highest BCUT2D eigenvalue weighted by Crippen LogP contribution is 2.32. The number of cyclic esters (lactones) is 1. The normalized spacial score (nSPS) is 18.0. The number of esters is 1. The van der Waals surface area contributed by atoms with Crippen LogP contribution in [0.15, 0.2) is 28.7 Å². The molecule has 3 rings (SSSR count). The van der Waals surface area contributed by atoms with Gasteiger partial charge >= 0.3 is 5.97 Å². The highest BCUT2D eigenvalue weighted by molar-refractivity contribution is 9.10. The van der Waals surface area contributed by atoms with Crippen molar-refractivity contribution in [3.05, 3.63) is 40.2 Å². The Kier molecular flexibility index (Phi) is 3.80. The van der Waals surface area contributed by atoms with Gasteiger partial charge in [0.1, 0.15) is 11.9 Å². The van der Waals surface area contributed by atoms with E-state index >= 15 is 0 Å². The smallest absolute Gasteiger partial charge is 0.306 e. The maximum absolute atomic E-state index is 13.1. The number of carbonyl (C=O) groups is 1. The fraction of sp³-hybridized carbons (Fsp3) is 0.333. The zero-order valence-electron chi connectivity index (χ0n) is 11.5. The average molecular weight is 353 g/mol. The monoisotopic (exact) mass is 352 g/mol. The number of ether oxygens (including phenoxy) is 1. The van der Waals surface area contributed by atoms with E-state index in [2.05, 4.69) is 21.0 Å². The number of rotatable bonds is 3. The van der Waals surface area contributed by atoms with Crippen LogP contribution in [0.2, 0.25) is 0 Å². The predicted molar refractivity (Wildman–Crippen MR) is 79.2 cm³/mol. The summed E-state index contributed by atoms with van der Waals surface area (Å²) in [5.74, 6) is -0.436. The van der Waals surface area contributed by atoms with Crippen LogP contribution >= 0.6 is 15.9 Å². The summed E-state index contributed by atoms with van der Waals surface area (Å²) in [6.07, 6.45) is 1.01. The summed E-state index contributed by atoms with van der Waals surface area (Å²) in [6, 6.07) is 6.27. The Hall–Kier alpha value is -1.69. The van der Waals surface area contributed by atoms with Gasteiger partial charge in [0, 0.05) is 12.0 Å². The third kappa shape index (κ3) is 2.85. The molecular weight excluding hydrogens is 339 g/mol. The summed E-state index contributed by atoms with van der Waals surface area (Å²) >= 11 is 3.53. The number of benzene rings is 1. The molecule has 1 aromatic carbocycles. The van der Waals surface area contributed by atoms with E-state index in [0.29, 0.717) is 19.4 Å². The molecule has 0 bridgehead atoms. The van der Waals surface area contributed by atoms with Gasteiger partial charge in [-0.15, -0.1) is 0 Å². The molecule has 0 radical (unpaired) electrons. The van der Waals surface area contributed by atoms with Gasteiger partial charge in [-0.2, -0.15) is 5.10 Å². The van der Waals surface area contributed by atoms with E-state index in [1.54, 1.807) is 12.1 Å². The molecule has 0 spiro atoms. The summed E-state index contributed by atoms with van der Waals surface area (Å²) in [6.45, 7) is 2.40. The number of aromatic nitrogens is 2. The van der Waals surface area contributed by atoms with Crippen molar-refractivity contribution in [3.8, 4) is 11.3 Å². The maximum atomic E-state index is 13.1. The zero-order valence-corrected chi connectivity index (χ0v) is 13.1. The van der Waals surface area contributed by atoms with Crippen molar-refractivity contribution in [2.24, 2.45) is 0 Å². The van der Waals surface area contributed by atoms with Gasteiger partial charge in [0.15, 0.2) is 0 Å². The summed E-state index contributed by atoms with van der Waals surface area (Å²) in [7, 11) is 0. The van der Waals surface area contributed by atoms with Gasteiger partial charge in [0.2, 0.25) is 0 Å². The summed E-state index contributed by atoms with van der Waals surface area (Å²) in [4.78, 5) is 11.2. The Bertz CT molecular complexity index is 682. The molecule has 6 heteroatoms. The first kappa shape index (κ1) is 14.3. The van der Waals surface area contributed by atoms with Crippen LogP contribution in [0.25, 0.3) is 11.3 Å². The molecule has 2 aromatic rings. The Morgan fingerprint density at radius 3 is 2.76 bits per heavy atom. The molecule has 0 N–H and O–H groups in total. The number of hydrogen-bond acceptors (Lipinski definition) is 3. The highest BCUT2D eigenvalue weighted by Gasteiger charge is 2.26. The van der Waals surface area contributed by atoms with Crippen LogP contribution < -0.4 is 0 Å². The second-order valence-electron chi connectivity index (χ2n) is 5.09. The predicted octanol–water partition coefficient (Wildman–Crippen LogP) is 3.47. The lowest BCUT2D eigenvalue weighted by Gasteiger charge is -2.12. The van der Waals surface area contributed by atoms with E-state index in [-0.39, 0.29) is 17.9 Å². The average Bonchev–Trinajstić information content (AvgIpc) is 2.97. The standard InChI is InChI=1S/C15H14BrFN2O2/c1-9-14(16)15(10-2-4-11(17)5-3-10)19(18-9)8-12-6-7-13(20)21-12/h2-5,12H,6-8H2,1H3/t12-/m1/s1. The molecular formula is C15H14BrFN2O2. The van der Waals surface area contributed by atoms with E-state index in [9.17, 15) is 9.18 Å². The quantitative estimate of drug-likeness (QED) is 0.794. The Balaban J connectivity index is 1.95. The van der Waals surface area contributed by atoms with E-state index in [0.717, 1.165) is 21.4 Å². The molecule has 2 heterocycles. The topological polar surface area (TPSA) is 44.1 Å². The van der Waals surface area contributed by atoms with Crippen LogP contribution in [-0.2, 0) is 16.1 Å². The minimum Gasteiger partial charge on any atom is -0.460 e. The van der Waals surface area contributed by atoms with Crippen LogP contribution in [0.1, 0.15) is 18.5 Å². The SMILES string of the molecule is Cc1nn(C[C@H]2CCC(=O)O2)c(-c2ccc(F)cc2)c1Br. The zero-order chi connectivity index (χ0) is 15.0. The first-order valence-corrected chi connectivity index (χ1v) is 7.52. The third-order valence-corrected chi connectivity index (χ3v) is 4.47. The Labute approximate surface area is 130 Å². The van der Waals surface area contributed by atoms with Crippen molar-refractivity contribution in [2.45, 2.75) is 32.4 Å². The molecule has 1 aliphatic rings. The van der Waals surface area contributed by atoms with E-state index < -0.39 is 0 Å². The molecule has 21 heavy (non-hydrogen) atoms. The minimum atomic E-state index is -0.276. The second-order valence-corrected chi connectivity index (χ2v) is 5.88. The molecule has 0 saturated carbocycles. The molecule has 0 unspecified atom stereocenters. The summed E-state index contributed by atoms with van der Waals surface area (Å²) in [5.41, 5.74) is 2.59. The van der Waals surface area contributed by atoms with Gasteiger partial charge in [0.25, 0.3) is 0 Å². The number of halogens is 2. The lowest BCUT2D eigenvalue weighted by Crippen LogP contribution is -2.17. The molecule has 0 amide bonds. The van der Waals surface area contributed by atoms with Gasteiger partial charge in [-0.1, -0.05) is 0 Å². The minimum absolute atomic E-state index is 0.150. The first-order valence-electron chi connectivity index (χ1n) is 6.73. The fourth-order valence-corrected chi connectivity index (χ4v) is 2.99. The van der Waals surface area contributed by atoms with Crippen LogP contribution in [0.5, 0.6) is 0 Å². The Morgan fingerprint density at radius 1 is 1.43 bits per heavy atom. The van der Waals surface area contributed by atoms with E-state index in [1.165, 1.54) is 12.1 Å². The fourth-order valence-electron chi connectivity index (χ4n) is 2.48. The number of hydrogen-bond donors (Lipinski definition) is 0. The molecule has 1 fully saturated rings. The van der Waals surface area contributed by atoms with Gasteiger partial charge in [-0.05, 0) is 53.5 Å². The van der Waals surface area contributed by atoms with Crippen LogP contribution in [0.3, 0.4) is 0 Å². The molecule has 1 aliphatic heterocycles. The van der Waals surface area contributed by atoms with Crippen molar-refractivity contribution in [3.63, 3.8) is 0 Å². The lowest BCUT2D eigenvalue weighted by atomic mass is 10.1. The lowest BCUT2D eigenvalue weighted by molar-refractivity contribution is -0.141. The van der Waals surface area contributed by atoms with Crippen molar-refractivity contribution in [1.82, 2.24) is 9.78 Å². The van der Waals surface area contributed by atoms with E-state index in [4.69, 9.17) is 4.74 Å². The largest absolute Gasteiger partial charge is 0.460 e. The van der Waals surface area contributed by atoms with Crippen molar-refractivity contribution >= 4 is 21.9 Å².